The van der Waals surface area contributed by atoms with Crippen LogP contribution in [0.25, 0.3) is 0 Å². The number of fused-ring (bicyclic) bond motifs is 6. The Kier molecular flexibility index (Phi) is 23.7. The van der Waals surface area contributed by atoms with E-state index in [1.165, 1.54) is 154 Å². The van der Waals surface area contributed by atoms with E-state index >= 15 is 0 Å². The summed E-state index contributed by atoms with van der Waals surface area (Å²) in [6.45, 7) is 23.6. The first-order valence-electron chi connectivity index (χ1n) is 33.0. The second-order valence-electron chi connectivity index (χ2n) is 24.4. The maximum Gasteiger partial charge on any atom is 0.339 e. The summed E-state index contributed by atoms with van der Waals surface area (Å²) in [5.74, 6) is -0.809. The molecule has 0 bridgehead atoms. The van der Waals surface area contributed by atoms with Gasteiger partial charge in [-0.15, -0.1) is 0 Å². The largest absolute Gasteiger partial charge is 0.465 e. The van der Waals surface area contributed by atoms with E-state index in [0.29, 0.717) is 11.1 Å². The number of hydrogen-bond donors (Lipinski definition) is 0. The molecule has 0 fully saturated rings. The zero-order valence-corrected chi connectivity index (χ0v) is 52.1. The number of hydrogen-bond acceptors (Lipinski definition) is 4. The third kappa shape index (κ3) is 12.8. The average molecular weight is 1060 g/mol. The summed E-state index contributed by atoms with van der Waals surface area (Å²) in [5.41, 5.74) is 36.3. The summed E-state index contributed by atoms with van der Waals surface area (Å²) >= 11 is 0. The van der Waals surface area contributed by atoms with Crippen molar-refractivity contribution in [2.75, 3.05) is 14.2 Å². The topological polar surface area (TPSA) is 52.6 Å². The van der Waals surface area contributed by atoms with Crippen LogP contribution in [-0.4, -0.2) is 26.2 Å². The van der Waals surface area contributed by atoms with E-state index in [1.807, 2.05) is 0 Å². The number of esters is 2. The lowest BCUT2D eigenvalue weighted by atomic mass is 9.65. The van der Waals surface area contributed by atoms with Crippen LogP contribution in [-0.2, 0) is 112 Å². The number of unbranched alkanes of at least 4 members (excludes halogenated alkanes) is 10. The fourth-order valence-electron chi connectivity index (χ4n) is 15.0. The minimum atomic E-state index is -0.405. The molecule has 0 N–H and O–H groups in total. The van der Waals surface area contributed by atoms with Gasteiger partial charge in [0.1, 0.15) is 0 Å². The van der Waals surface area contributed by atoms with Gasteiger partial charge in [-0.1, -0.05) is 133 Å². The number of benzene rings is 4. The smallest absolute Gasteiger partial charge is 0.339 e. The minimum Gasteiger partial charge on any atom is -0.465 e. The van der Waals surface area contributed by atoms with E-state index < -0.39 is 11.9 Å². The Hall–Kier alpha value is -4.18. The number of carbonyl (C=O) groups excluding carboxylic acids is 2. The Morgan fingerprint density at radius 1 is 0.244 bits per heavy atom. The predicted octanol–water partition coefficient (Wildman–Crippen LogP) is 19.2. The van der Waals surface area contributed by atoms with E-state index in [0.717, 1.165) is 114 Å². The van der Waals surface area contributed by atoms with Crippen LogP contribution in [0.1, 0.15) is 341 Å². The summed E-state index contributed by atoms with van der Waals surface area (Å²) in [6, 6.07) is 0. The molecular weight excluding hydrogens is 953 g/mol. The van der Waals surface area contributed by atoms with E-state index in [9.17, 15) is 9.59 Å². The van der Waals surface area contributed by atoms with Gasteiger partial charge in [0.25, 0.3) is 0 Å². The number of rotatable bonds is 32. The van der Waals surface area contributed by atoms with Crippen LogP contribution in [0.5, 0.6) is 0 Å². The Labute approximate surface area is 476 Å². The highest BCUT2D eigenvalue weighted by atomic mass is 16.5. The zero-order chi connectivity index (χ0) is 55.9. The summed E-state index contributed by atoms with van der Waals surface area (Å²) in [5, 5.41) is 0. The molecule has 4 nitrogen and oxygen atoms in total. The first-order valence-corrected chi connectivity index (χ1v) is 33.0. The van der Waals surface area contributed by atoms with Gasteiger partial charge in [-0.05, 0) is 289 Å². The van der Waals surface area contributed by atoms with Crippen LogP contribution < -0.4 is 0 Å². The molecule has 0 radical (unpaired) electrons. The molecule has 4 aromatic carbocycles. The lowest BCUT2D eigenvalue weighted by Gasteiger charge is -2.39. The highest BCUT2D eigenvalue weighted by molar-refractivity contribution is 6.06. The summed E-state index contributed by atoms with van der Waals surface area (Å²) in [6.07, 6.45) is 40.5. The molecule has 0 atom stereocenters. The van der Waals surface area contributed by atoms with Crippen LogP contribution in [0.4, 0.5) is 0 Å². The van der Waals surface area contributed by atoms with Crippen molar-refractivity contribution in [1.82, 2.24) is 0 Å². The standard InChI is InChI=1S/C74H108O4/c1-13-23-33-49-50(34-24-14-2)52(36-26-16-4)60-44-62-54(38-28-18-6)64-46-66-56(40-30-20-8)68-48-70-58(42-32-22-10)72(74(76)78-12)71(73(75)77-11)57(41-31-21-9)69(70)47-67(68)55(39-29-19-7)65(66)45-63(64)53(37-27-17-5)61(62)43-59(60)51(49)35-25-15-3/h13-48H2,1-12H3. The van der Waals surface area contributed by atoms with Crippen LogP contribution in [0, 0.1) is 0 Å². The van der Waals surface area contributed by atoms with Gasteiger partial charge in [-0.25, -0.2) is 9.59 Å². The Morgan fingerprint density at radius 3 is 0.590 bits per heavy atom. The van der Waals surface area contributed by atoms with Crippen molar-refractivity contribution in [1.29, 1.82) is 0 Å². The lowest BCUT2D eigenvalue weighted by molar-refractivity contribution is 0.0552. The fraction of sp³-hybridized carbons (Fsp3) is 0.649. The molecule has 0 unspecified atom stereocenters. The monoisotopic (exact) mass is 1060 g/mol. The second-order valence-corrected chi connectivity index (χ2v) is 24.4. The molecule has 0 saturated heterocycles. The van der Waals surface area contributed by atoms with Crippen molar-refractivity contribution < 1.29 is 19.1 Å². The van der Waals surface area contributed by atoms with Gasteiger partial charge in [0, 0.05) is 0 Å². The molecule has 0 spiro atoms. The molecule has 0 aliphatic heterocycles. The van der Waals surface area contributed by atoms with Crippen molar-refractivity contribution >= 4 is 11.9 Å². The Bertz CT molecular complexity index is 2530. The SMILES string of the molecule is CCCCc1c(CCCC)c(CCCC)c2c(c1CCCC)Cc1c(CCCC)c3c(c(CCCC)c1C2)Cc1c(CCCC)c2c(c(CCCC)c1C3)Cc1c(c(CCCC)c(C(=O)OC)c(C(=O)OC)c1CCCC)C2. The van der Waals surface area contributed by atoms with Crippen molar-refractivity contribution in [3.63, 3.8) is 0 Å². The number of methoxy groups -OCH3 is 2. The van der Waals surface area contributed by atoms with Crippen LogP contribution in [0.3, 0.4) is 0 Å². The van der Waals surface area contributed by atoms with Gasteiger partial charge in [0.05, 0.1) is 25.3 Å². The number of ether oxygens (including phenoxy) is 2. The Balaban J connectivity index is 1.56. The molecule has 0 aromatic heterocycles. The minimum absolute atomic E-state index is 0.405. The van der Waals surface area contributed by atoms with E-state index in [-0.39, 0.29) is 0 Å². The summed E-state index contributed by atoms with van der Waals surface area (Å²) < 4.78 is 11.3. The summed E-state index contributed by atoms with van der Waals surface area (Å²) in [4.78, 5) is 28.5. The third-order valence-electron chi connectivity index (χ3n) is 19.2. The average Bonchev–Trinajstić information content (AvgIpc) is 3.65. The highest BCUT2D eigenvalue weighted by Gasteiger charge is 2.39. The van der Waals surface area contributed by atoms with Gasteiger partial charge in [0.15, 0.2) is 0 Å². The van der Waals surface area contributed by atoms with Gasteiger partial charge < -0.3 is 9.47 Å². The molecule has 0 amide bonds. The molecule has 4 aromatic rings. The molecule has 3 aliphatic carbocycles. The molecule has 428 valence electrons. The predicted molar refractivity (Wildman–Crippen MR) is 331 cm³/mol. The second kappa shape index (κ2) is 30.0. The van der Waals surface area contributed by atoms with E-state index in [1.54, 1.807) is 100 Å². The molecular formula is C74H108O4. The first kappa shape index (κ1) is 61.4. The van der Waals surface area contributed by atoms with Gasteiger partial charge in [-0.2, -0.15) is 0 Å². The normalized spacial score (nSPS) is 13.2. The summed E-state index contributed by atoms with van der Waals surface area (Å²) in [7, 11) is 2.95. The number of carbonyl (C=O) groups is 2. The van der Waals surface area contributed by atoms with Gasteiger partial charge in [0.2, 0.25) is 0 Å². The van der Waals surface area contributed by atoms with Crippen molar-refractivity contribution in [2.45, 2.75) is 300 Å². The fourth-order valence-corrected chi connectivity index (χ4v) is 15.0. The Morgan fingerprint density at radius 2 is 0.397 bits per heavy atom. The van der Waals surface area contributed by atoms with Gasteiger partial charge in [-0.3, -0.25) is 0 Å². The molecule has 0 heterocycles. The zero-order valence-electron chi connectivity index (χ0n) is 52.1. The van der Waals surface area contributed by atoms with Crippen LogP contribution >= 0.6 is 0 Å². The maximum absolute atomic E-state index is 14.3. The quantitative estimate of drug-likeness (QED) is 0.0395. The van der Waals surface area contributed by atoms with Crippen LogP contribution in [0.2, 0.25) is 0 Å². The molecule has 3 aliphatic rings. The molecule has 78 heavy (non-hydrogen) atoms. The third-order valence-corrected chi connectivity index (χ3v) is 19.2. The van der Waals surface area contributed by atoms with Crippen molar-refractivity contribution in [2.24, 2.45) is 0 Å². The van der Waals surface area contributed by atoms with Gasteiger partial charge >= 0.3 is 11.9 Å². The maximum atomic E-state index is 14.3. The lowest BCUT2D eigenvalue weighted by Crippen LogP contribution is -2.28. The van der Waals surface area contributed by atoms with Crippen LogP contribution in [0.15, 0.2) is 0 Å². The molecule has 4 heteroatoms. The molecule has 0 saturated carbocycles. The highest BCUT2D eigenvalue weighted by Crippen LogP contribution is 2.50. The van der Waals surface area contributed by atoms with E-state index in [4.69, 9.17) is 9.47 Å². The first-order chi connectivity index (χ1) is 38.1. The van der Waals surface area contributed by atoms with Crippen molar-refractivity contribution in [3.05, 3.63) is 134 Å². The van der Waals surface area contributed by atoms with E-state index in [2.05, 4.69) is 69.2 Å². The molecule has 7 rings (SSSR count). The van der Waals surface area contributed by atoms with Crippen molar-refractivity contribution in [3.8, 4) is 0 Å².